The van der Waals surface area contributed by atoms with Crippen molar-refractivity contribution in [3.63, 3.8) is 0 Å². The summed E-state index contributed by atoms with van der Waals surface area (Å²) < 4.78 is 68.0. The fraction of sp³-hybridized carbons (Fsp3) is 0.217. The molecule has 0 aliphatic carbocycles. The number of H-pyrrole nitrogens is 1. The monoisotopic (exact) mass is 456 g/mol. The van der Waals surface area contributed by atoms with Gasteiger partial charge in [-0.1, -0.05) is 6.07 Å². The topological polar surface area (TPSA) is 75.9 Å². The second-order valence-corrected chi connectivity index (χ2v) is 7.53. The third kappa shape index (κ3) is 3.41. The van der Waals surface area contributed by atoms with Crippen molar-refractivity contribution in [2.24, 2.45) is 0 Å². The number of alkyl halides is 3. The molecule has 0 fully saturated rings. The highest BCUT2D eigenvalue weighted by Crippen LogP contribution is 2.41. The van der Waals surface area contributed by atoms with E-state index in [0.29, 0.717) is 40.1 Å². The minimum Gasteiger partial charge on any atom is -0.495 e. The number of nitrogens with one attached hydrogen (secondary N) is 1. The Morgan fingerprint density at radius 3 is 2.82 bits per heavy atom. The maximum Gasteiger partial charge on any atom is 0.416 e. The molecule has 0 amide bonds. The Morgan fingerprint density at radius 2 is 2.09 bits per heavy atom. The van der Waals surface area contributed by atoms with E-state index in [1.165, 1.54) is 7.11 Å². The van der Waals surface area contributed by atoms with Gasteiger partial charge in [-0.2, -0.15) is 18.4 Å². The first-order chi connectivity index (χ1) is 15.8. The van der Waals surface area contributed by atoms with Crippen LogP contribution in [0.1, 0.15) is 28.6 Å². The van der Waals surface area contributed by atoms with Gasteiger partial charge in [0.1, 0.15) is 35.3 Å². The van der Waals surface area contributed by atoms with Crippen LogP contribution in [0.2, 0.25) is 0 Å². The van der Waals surface area contributed by atoms with Crippen molar-refractivity contribution in [3.8, 4) is 23.2 Å². The van der Waals surface area contributed by atoms with Crippen LogP contribution in [0.5, 0.6) is 5.75 Å². The van der Waals surface area contributed by atoms with Crippen molar-refractivity contribution >= 4 is 10.9 Å². The van der Waals surface area contributed by atoms with Crippen LogP contribution in [0.15, 0.2) is 42.6 Å². The second kappa shape index (κ2) is 7.64. The minimum absolute atomic E-state index is 0.102. The summed E-state index contributed by atoms with van der Waals surface area (Å²) in [4.78, 5) is 7.69. The van der Waals surface area contributed by atoms with Gasteiger partial charge in [0.05, 0.1) is 30.5 Å². The fourth-order valence-corrected chi connectivity index (χ4v) is 4.18. The number of fused-ring (bicyclic) bond motifs is 2. The number of hydrogen-bond acceptors (Lipinski definition) is 4. The molecule has 0 bridgehead atoms. The Labute approximate surface area is 185 Å². The molecule has 10 heteroatoms. The van der Waals surface area contributed by atoms with E-state index in [0.717, 1.165) is 18.2 Å². The van der Waals surface area contributed by atoms with Gasteiger partial charge in [-0.3, -0.25) is 0 Å². The summed E-state index contributed by atoms with van der Waals surface area (Å²) in [6, 6.07) is 10.0. The number of nitrogens with zero attached hydrogens (tertiary/aromatic N) is 3. The highest BCUT2D eigenvalue weighted by atomic mass is 19.4. The zero-order valence-corrected chi connectivity index (χ0v) is 17.2. The van der Waals surface area contributed by atoms with Crippen molar-refractivity contribution in [1.29, 1.82) is 5.26 Å². The van der Waals surface area contributed by atoms with Crippen LogP contribution >= 0.6 is 0 Å². The van der Waals surface area contributed by atoms with E-state index in [1.54, 1.807) is 29.0 Å². The number of aromatic amines is 1. The van der Waals surface area contributed by atoms with Gasteiger partial charge in [-0.15, -0.1) is 0 Å². The van der Waals surface area contributed by atoms with Crippen LogP contribution in [0, 0.1) is 17.1 Å². The van der Waals surface area contributed by atoms with Crippen LogP contribution in [0.25, 0.3) is 22.3 Å². The number of rotatable bonds is 3. The summed E-state index contributed by atoms with van der Waals surface area (Å²) in [5, 5.41) is 9.97. The van der Waals surface area contributed by atoms with Crippen LogP contribution in [-0.4, -0.2) is 28.3 Å². The molecule has 1 unspecified atom stereocenters. The smallest absolute Gasteiger partial charge is 0.416 e. The summed E-state index contributed by atoms with van der Waals surface area (Å²) in [5.74, 6) is -0.425. The second-order valence-electron chi connectivity index (χ2n) is 7.53. The van der Waals surface area contributed by atoms with E-state index >= 15 is 0 Å². The number of halogens is 4. The van der Waals surface area contributed by atoms with E-state index in [4.69, 9.17) is 9.47 Å². The highest BCUT2D eigenvalue weighted by molar-refractivity contribution is 5.92. The number of ether oxygens (including phenoxy) is 2. The van der Waals surface area contributed by atoms with Crippen molar-refractivity contribution in [1.82, 2.24) is 14.5 Å². The van der Waals surface area contributed by atoms with Crippen molar-refractivity contribution in [3.05, 3.63) is 70.9 Å². The Balaban J connectivity index is 1.63. The largest absolute Gasteiger partial charge is 0.495 e. The lowest BCUT2D eigenvalue weighted by molar-refractivity contribution is -0.139. The molecular formula is C23H16F4N4O2. The van der Waals surface area contributed by atoms with Gasteiger partial charge in [0.25, 0.3) is 0 Å². The normalized spacial score (nSPS) is 15.9. The summed E-state index contributed by atoms with van der Waals surface area (Å²) in [7, 11) is 1.46. The molecule has 1 aliphatic heterocycles. The van der Waals surface area contributed by atoms with E-state index in [2.05, 4.69) is 16.0 Å². The van der Waals surface area contributed by atoms with Crippen LogP contribution < -0.4 is 4.74 Å². The molecule has 2 aromatic heterocycles. The molecule has 0 saturated heterocycles. The number of nitriles is 1. The Morgan fingerprint density at radius 1 is 1.27 bits per heavy atom. The van der Waals surface area contributed by atoms with E-state index in [9.17, 15) is 22.8 Å². The maximum atomic E-state index is 14.6. The number of methoxy groups -OCH3 is 1. The molecule has 1 atom stereocenters. The number of hydrogen-bond donors (Lipinski definition) is 1. The third-order valence-corrected chi connectivity index (χ3v) is 5.63. The fourth-order valence-electron chi connectivity index (χ4n) is 4.18. The van der Waals surface area contributed by atoms with Gasteiger partial charge >= 0.3 is 6.18 Å². The predicted octanol–water partition coefficient (Wildman–Crippen LogP) is 5.19. The molecular weight excluding hydrogens is 440 g/mol. The summed E-state index contributed by atoms with van der Waals surface area (Å²) in [6.07, 6.45) is -4.37. The average Bonchev–Trinajstić information content (AvgIpc) is 3.41. The van der Waals surface area contributed by atoms with Crippen LogP contribution in [0.3, 0.4) is 0 Å². The maximum absolute atomic E-state index is 14.6. The van der Waals surface area contributed by atoms with Gasteiger partial charge in [-0.05, 0) is 30.3 Å². The molecule has 5 rings (SSSR count). The van der Waals surface area contributed by atoms with Gasteiger partial charge in [0, 0.05) is 29.2 Å². The zero-order chi connectivity index (χ0) is 23.3. The van der Waals surface area contributed by atoms with Gasteiger partial charge < -0.3 is 19.0 Å². The quantitative estimate of drug-likeness (QED) is 0.431. The molecule has 33 heavy (non-hydrogen) atoms. The first-order valence-corrected chi connectivity index (χ1v) is 9.96. The molecule has 2 aromatic carbocycles. The lowest BCUT2D eigenvalue weighted by Crippen LogP contribution is -2.25. The molecule has 0 saturated carbocycles. The molecule has 3 heterocycles. The average molecular weight is 456 g/mol. The van der Waals surface area contributed by atoms with Gasteiger partial charge in [-0.25, -0.2) is 9.37 Å². The molecule has 0 radical (unpaired) electrons. The van der Waals surface area contributed by atoms with Crippen molar-refractivity contribution in [2.75, 3.05) is 13.7 Å². The molecule has 1 N–H and O–H groups in total. The number of benzene rings is 2. The third-order valence-electron chi connectivity index (χ3n) is 5.63. The summed E-state index contributed by atoms with van der Waals surface area (Å²) in [6.45, 7) is 0.460. The van der Waals surface area contributed by atoms with E-state index in [-0.39, 0.29) is 12.4 Å². The van der Waals surface area contributed by atoms with Gasteiger partial charge in [0.2, 0.25) is 0 Å². The highest BCUT2D eigenvalue weighted by Gasteiger charge is 2.40. The summed E-state index contributed by atoms with van der Waals surface area (Å²) in [5.41, 5.74) is 0.413. The van der Waals surface area contributed by atoms with Crippen LogP contribution in [-0.2, 0) is 17.5 Å². The standard InChI is InChI=1S/C23H16F4N4O2/c1-32-20-12(10-28)5-6-16-13(20)9-17(29-16)18-11-31-7-8-33-21(22(31)30-18)19-14(23(25,26)27)3-2-4-15(19)24/h2-6,9,11,21,29H,7-8H2,1H3. The van der Waals surface area contributed by atoms with E-state index in [1.807, 2.05) is 0 Å². The first-order valence-electron chi connectivity index (χ1n) is 9.96. The van der Waals surface area contributed by atoms with Crippen LogP contribution in [0.4, 0.5) is 17.6 Å². The molecule has 168 valence electrons. The summed E-state index contributed by atoms with van der Waals surface area (Å²) >= 11 is 0. The molecule has 1 aliphatic rings. The Hall–Kier alpha value is -3.84. The lowest BCUT2D eigenvalue weighted by atomic mass is 9.99. The lowest BCUT2D eigenvalue weighted by Gasteiger charge is -2.26. The molecule has 0 spiro atoms. The van der Waals surface area contributed by atoms with E-state index < -0.39 is 29.2 Å². The SMILES string of the molecule is COc1c(C#N)ccc2[nH]c(-c3cn4c(n3)C(c3c(F)cccc3C(F)(F)F)OCC4)cc12. The minimum atomic E-state index is -4.75. The number of aromatic nitrogens is 3. The molecule has 6 nitrogen and oxygen atoms in total. The Kier molecular flexibility index (Phi) is 4.87. The molecule has 4 aromatic rings. The Bertz CT molecular complexity index is 1410. The predicted molar refractivity (Wildman–Crippen MR) is 110 cm³/mol. The number of imidazole rings is 1. The van der Waals surface area contributed by atoms with Crippen molar-refractivity contribution in [2.45, 2.75) is 18.8 Å². The van der Waals surface area contributed by atoms with Crippen molar-refractivity contribution < 1.29 is 27.0 Å². The van der Waals surface area contributed by atoms with Gasteiger partial charge in [0.15, 0.2) is 0 Å². The first kappa shape index (κ1) is 21.0. The zero-order valence-electron chi connectivity index (χ0n) is 17.2.